The highest BCUT2D eigenvalue weighted by Crippen LogP contribution is 2.04. The zero-order chi connectivity index (χ0) is 13.5. The molecule has 1 saturated heterocycles. The summed E-state index contributed by atoms with van der Waals surface area (Å²) < 4.78 is 0. The summed E-state index contributed by atoms with van der Waals surface area (Å²) in [5.41, 5.74) is 5.57. The van der Waals surface area contributed by atoms with Gasteiger partial charge in [0, 0.05) is 58.8 Å². The Balaban J connectivity index is 0. The molecule has 1 heterocycles. The van der Waals surface area contributed by atoms with Crippen LogP contribution in [0.25, 0.3) is 0 Å². The van der Waals surface area contributed by atoms with Crippen LogP contribution in [-0.4, -0.2) is 79.5 Å². The molecule has 122 valence electrons. The van der Waals surface area contributed by atoms with E-state index >= 15 is 0 Å². The highest BCUT2D eigenvalue weighted by molar-refractivity contribution is 5.85. The number of amides is 1. The Morgan fingerprint density at radius 2 is 1.70 bits per heavy atom. The van der Waals surface area contributed by atoms with Gasteiger partial charge in [-0.25, -0.2) is 0 Å². The summed E-state index contributed by atoms with van der Waals surface area (Å²) >= 11 is 0. The molecule has 1 atom stereocenters. The van der Waals surface area contributed by atoms with E-state index in [1.165, 1.54) is 0 Å². The van der Waals surface area contributed by atoms with E-state index in [0.29, 0.717) is 13.0 Å². The molecule has 0 bridgehead atoms. The van der Waals surface area contributed by atoms with Crippen LogP contribution in [0.15, 0.2) is 0 Å². The number of halogens is 2. The molecule has 1 amide bonds. The van der Waals surface area contributed by atoms with Crippen molar-refractivity contribution in [3.05, 3.63) is 0 Å². The maximum Gasteiger partial charge on any atom is 0.223 e. The average molecular weight is 329 g/mol. The summed E-state index contributed by atoms with van der Waals surface area (Å²) in [7, 11) is 1.84. The van der Waals surface area contributed by atoms with E-state index in [1.54, 1.807) is 4.90 Å². The van der Waals surface area contributed by atoms with Crippen LogP contribution in [0, 0.1) is 0 Å². The Kier molecular flexibility index (Phi) is 12.9. The van der Waals surface area contributed by atoms with Crippen LogP contribution < -0.4 is 5.73 Å². The van der Waals surface area contributed by atoms with Gasteiger partial charge in [0.25, 0.3) is 0 Å². The standard InChI is InChI=1S/C13H28N4O.2ClH/c1-4-16-7-9-17(10-8-16)6-5-13(18)15(3)12(2)11-14;;/h12H,4-11,14H2,1-3H3;2*1H. The van der Waals surface area contributed by atoms with Crippen LogP contribution >= 0.6 is 24.8 Å². The van der Waals surface area contributed by atoms with Crippen molar-refractivity contribution in [3.8, 4) is 0 Å². The Hall–Kier alpha value is -0.0700. The second-order valence-electron chi connectivity index (χ2n) is 5.12. The summed E-state index contributed by atoms with van der Waals surface area (Å²) in [4.78, 5) is 18.5. The quantitative estimate of drug-likeness (QED) is 0.778. The number of nitrogens with two attached hydrogens (primary N) is 1. The maximum atomic E-state index is 11.9. The molecule has 1 aliphatic heterocycles. The SMILES string of the molecule is CCN1CCN(CCC(=O)N(C)C(C)CN)CC1.Cl.Cl. The van der Waals surface area contributed by atoms with Gasteiger partial charge in [-0.3, -0.25) is 4.79 Å². The molecule has 20 heavy (non-hydrogen) atoms. The van der Waals surface area contributed by atoms with E-state index in [0.717, 1.165) is 39.3 Å². The normalized spacial score (nSPS) is 17.8. The average Bonchev–Trinajstić information content (AvgIpc) is 2.43. The number of rotatable bonds is 6. The molecule has 0 saturated carbocycles. The summed E-state index contributed by atoms with van der Waals surface area (Å²) in [6.45, 7) is 11.1. The fourth-order valence-corrected chi connectivity index (χ4v) is 2.16. The molecule has 7 heteroatoms. The number of likely N-dealkylation sites (N-methyl/N-ethyl adjacent to an activating group) is 2. The highest BCUT2D eigenvalue weighted by Gasteiger charge is 2.18. The van der Waals surface area contributed by atoms with Crippen LogP contribution in [0.1, 0.15) is 20.3 Å². The van der Waals surface area contributed by atoms with Crippen LogP contribution in [0.2, 0.25) is 0 Å². The van der Waals surface area contributed by atoms with Gasteiger partial charge < -0.3 is 20.4 Å². The number of carbonyl (C=O) groups excluding carboxylic acids is 1. The summed E-state index contributed by atoms with van der Waals surface area (Å²) in [5, 5.41) is 0. The van der Waals surface area contributed by atoms with Crippen molar-refractivity contribution in [1.82, 2.24) is 14.7 Å². The molecule has 0 aliphatic carbocycles. The van der Waals surface area contributed by atoms with Crippen molar-refractivity contribution in [1.29, 1.82) is 0 Å². The van der Waals surface area contributed by atoms with Crippen molar-refractivity contribution >= 4 is 30.7 Å². The van der Waals surface area contributed by atoms with Gasteiger partial charge in [-0.1, -0.05) is 6.92 Å². The first-order valence-electron chi connectivity index (χ1n) is 6.99. The van der Waals surface area contributed by atoms with E-state index in [1.807, 2.05) is 14.0 Å². The Morgan fingerprint density at radius 3 is 2.15 bits per heavy atom. The Bertz CT molecular complexity index is 261. The van der Waals surface area contributed by atoms with Gasteiger partial charge in [0.1, 0.15) is 0 Å². The van der Waals surface area contributed by atoms with Gasteiger partial charge in [0.2, 0.25) is 5.91 Å². The Morgan fingerprint density at radius 1 is 1.20 bits per heavy atom. The van der Waals surface area contributed by atoms with Crippen LogP contribution in [0.4, 0.5) is 0 Å². The van der Waals surface area contributed by atoms with Crippen molar-refractivity contribution in [2.45, 2.75) is 26.3 Å². The lowest BCUT2D eigenvalue weighted by Gasteiger charge is -2.34. The van der Waals surface area contributed by atoms with Gasteiger partial charge >= 0.3 is 0 Å². The molecule has 1 unspecified atom stereocenters. The summed E-state index contributed by atoms with van der Waals surface area (Å²) in [6.07, 6.45) is 0.604. The largest absolute Gasteiger partial charge is 0.342 e. The summed E-state index contributed by atoms with van der Waals surface area (Å²) in [6, 6.07) is 0.134. The van der Waals surface area contributed by atoms with Gasteiger partial charge in [-0.15, -0.1) is 24.8 Å². The molecule has 0 aromatic carbocycles. The third-order valence-corrected chi connectivity index (χ3v) is 3.95. The van der Waals surface area contributed by atoms with E-state index in [-0.39, 0.29) is 36.8 Å². The molecule has 2 N–H and O–H groups in total. The van der Waals surface area contributed by atoms with Gasteiger partial charge in [-0.2, -0.15) is 0 Å². The molecule has 0 aromatic rings. The second kappa shape index (κ2) is 11.6. The first kappa shape index (κ1) is 22.2. The molecule has 1 rings (SSSR count). The zero-order valence-electron chi connectivity index (χ0n) is 12.9. The van der Waals surface area contributed by atoms with E-state index in [9.17, 15) is 4.79 Å². The first-order chi connectivity index (χ1) is 8.58. The first-order valence-corrected chi connectivity index (χ1v) is 6.99. The Labute approximate surface area is 135 Å². The van der Waals surface area contributed by atoms with Crippen molar-refractivity contribution < 1.29 is 4.79 Å². The molecular formula is C13H30Cl2N4O. The van der Waals surface area contributed by atoms with Gasteiger partial charge in [-0.05, 0) is 13.5 Å². The van der Waals surface area contributed by atoms with E-state index < -0.39 is 0 Å². The lowest BCUT2D eigenvalue weighted by atomic mass is 10.2. The molecular weight excluding hydrogens is 299 g/mol. The lowest BCUT2D eigenvalue weighted by Crippen LogP contribution is -2.47. The molecule has 5 nitrogen and oxygen atoms in total. The van der Waals surface area contributed by atoms with E-state index in [4.69, 9.17) is 5.73 Å². The molecule has 0 radical (unpaired) electrons. The number of carbonyl (C=O) groups is 1. The number of nitrogens with zero attached hydrogens (tertiary/aromatic N) is 3. The van der Waals surface area contributed by atoms with Gasteiger partial charge in [0.15, 0.2) is 0 Å². The zero-order valence-corrected chi connectivity index (χ0v) is 14.5. The maximum absolute atomic E-state index is 11.9. The number of hydrogen-bond acceptors (Lipinski definition) is 4. The predicted molar refractivity (Wildman–Crippen MR) is 89.0 cm³/mol. The smallest absolute Gasteiger partial charge is 0.223 e. The van der Waals surface area contributed by atoms with Crippen molar-refractivity contribution in [2.24, 2.45) is 5.73 Å². The minimum Gasteiger partial charge on any atom is -0.342 e. The predicted octanol–water partition coefficient (Wildman–Crippen LogP) is 0.663. The molecule has 0 aromatic heterocycles. The van der Waals surface area contributed by atoms with Crippen LogP contribution in [0.5, 0.6) is 0 Å². The number of piperazine rings is 1. The van der Waals surface area contributed by atoms with Crippen molar-refractivity contribution in [3.63, 3.8) is 0 Å². The third kappa shape index (κ3) is 7.09. The van der Waals surface area contributed by atoms with Crippen LogP contribution in [-0.2, 0) is 4.79 Å². The second-order valence-corrected chi connectivity index (χ2v) is 5.12. The minimum absolute atomic E-state index is 0. The fourth-order valence-electron chi connectivity index (χ4n) is 2.16. The van der Waals surface area contributed by atoms with E-state index in [2.05, 4.69) is 16.7 Å². The molecule has 0 spiro atoms. The minimum atomic E-state index is 0. The lowest BCUT2D eigenvalue weighted by molar-refractivity contribution is -0.131. The number of hydrogen-bond donors (Lipinski definition) is 1. The summed E-state index contributed by atoms with van der Waals surface area (Å²) in [5.74, 6) is 0.200. The monoisotopic (exact) mass is 328 g/mol. The fraction of sp³-hybridized carbons (Fsp3) is 0.923. The highest BCUT2D eigenvalue weighted by atomic mass is 35.5. The third-order valence-electron chi connectivity index (χ3n) is 3.95. The van der Waals surface area contributed by atoms with Crippen LogP contribution in [0.3, 0.4) is 0 Å². The molecule has 1 fully saturated rings. The topological polar surface area (TPSA) is 52.8 Å². The molecule has 1 aliphatic rings. The van der Waals surface area contributed by atoms with Gasteiger partial charge in [0.05, 0.1) is 0 Å². The van der Waals surface area contributed by atoms with Crippen molar-refractivity contribution in [2.75, 3.05) is 52.9 Å².